The first-order chi connectivity index (χ1) is 15.1. The quantitative estimate of drug-likeness (QED) is 0.316. The van der Waals surface area contributed by atoms with Gasteiger partial charge in [-0.2, -0.15) is 0 Å². The average Bonchev–Trinajstić information content (AvgIpc) is 3.47. The summed E-state index contributed by atoms with van der Waals surface area (Å²) < 4.78 is 0. The topological polar surface area (TPSA) is 98.0 Å². The van der Waals surface area contributed by atoms with E-state index in [0.717, 1.165) is 56.1 Å². The maximum atomic E-state index is 12.7. The minimum absolute atomic E-state index is 0.178. The number of hydrogen-bond acceptors (Lipinski definition) is 7. The molecule has 2 amide bonds. The van der Waals surface area contributed by atoms with Crippen LogP contribution in [0, 0.1) is 0 Å². The lowest BCUT2D eigenvalue weighted by atomic mass is 10.1. The van der Waals surface area contributed by atoms with Gasteiger partial charge in [0.25, 0.3) is 5.91 Å². The molecule has 0 saturated heterocycles. The highest BCUT2D eigenvalue weighted by molar-refractivity contribution is 8.00. The van der Waals surface area contributed by atoms with Crippen LogP contribution in [0.2, 0.25) is 0 Å². The van der Waals surface area contributed by atoms with Gasteiger partial charge in [0.2, 0.25) is 5.91 Å². The van der Waals surface area contributed by atoms with Crippen LogP contribution in [0.25, 0.3) is 21.3 Å². The number of nitrogens with two attached hydrogens (primary N) is 1. The van der Waals surface area contributed by atoms with Gasteiger partial charge in [-0.15, -0.1) is 22.7 Å². The van der Waals surface area contributed by atoms with Gasteiger partial charge < -0.3 is 11.1 Å². The molecule has 0 atom stereocenters. The van der Waals surface area contributed by atoms with Gasteiger partial charge in [-0.05, 0) is 30.4 Å². The predicted octanol–water partition coefficient (Wildman–Crippen LogP) is 4.74. The lowest BCUT2D eigenvalue weighted by Gasteiger charge is -2.07. The smallest absolute Gasteiger partial charge is 0.251 e. The number of thiophene rings is 2. The minimum Gasteiger partial charge on any atom is -0.365 e. The van der Waals surface area contributed by atoms with Crippen molar-refractivity contribution in [3.8, 4) is 11.1 Å². The van der Waals surface area contributed by atoms with Gasteiger partial charge in [-0.3, -0.25) is 9.59 Å². The molecule has 1 aliphatic carbocycles. The molecule has 4 aromatic rings. The summed E-state index contributed by atoms with van der Waals surface area (Å²) in [4.78, 5) is 35.5. The number of thioether (sulfide) groups is 1. The third kappa shape index (κ3) is 3.84. The third-order valence-electron chi connectivity index (χ3n) is 5.18. The third-order valence-corrected chi connectivity index (χ3v) is 8.26. The van der Waals surface area contributed by atoms with Gasteiger partial charge in [-0.1, -0.05) is 42.1 Å². The largest absolute Gasteiger partial charge is 0.365 e. The van der Waals surface area contributed by atoms with Crippen molar-refractivity contribution in [1.82, 2.24) is 9.97 Å². The minimum atomic E-state index is -0.481. The second kappa shape index (κ2) is 8.41. The Labute approximate surface area is 190 Å². The lowest BCUT2D eigenvalue weighted by Crippen LogP contribution is -2.19. The molecule has 0 fully saturated rings. The monoisotopic (exact) mass is 466 g/mol. The molecule has 0 aliphatic heterocycles. The van der Waals surface area contributed by atoms with E-state index in [1.165, 1.54) is 29.4 Å². The zero-order valence-corrected chi connectivity index (χ0v) is 18.8. The number of fused-ring (bicyclic) bond motifs is 2. The van der Waals surface area contributed by atoms with Crippen molar-refractivity contribution in [2.24, 2.45) is 5.73 Å². The molecule has 5 rings (SSSR count). The molecule has 6 nitrogen and oxygen atoms in total. The Morgan fingerprint density at radius 1 is 1.16 bits per heavy atom. The normalized spacial score (nSPS) is 12.8. The van der Waals surface area contributed by atoms with E-state index in [9.17, 15) is 9.59 Å². The van der Waals surface area contributed by atoms with E-state index in [1.54, 1.807) is 11.3 Å². The fourth-order valence-electron chi connectivity index (χ4n) is 3.84. The number of hydrogen-bond donors (Lipinski definition) is 2. The Bertz CT molecular complexity index is 1300. The number of benzene rings is 1. The Morgan fingerprint density at radius 2 is 2.00 bits per heavy atom. The van der Waals surface area contributed by atoms with Crippen LogP contribution in [-0.2, 0) is 17.6 Å². The van der Waals surface area contributed by atoms with E-state index in [2.05, 4.69) is 32.8 Å². The van der Waals surface area contributed by atoms with Gasteiger partial charge in [0.05, 0.1) is 16.7 Å². The van der Waals surface area contributed by atoms with Crippen LogP contribution in [0.1, 0.15) is 27.2 Å². The number of rotatable bonds is 6. The van der Waals surface area contributed by atoms with Crippen molar-refractivity contribution in [3.63, 3.8) is 0 Å². The van der Waals surface area contributed by atoms with Crippen LogP contribution in [0.4, 0.5) is 5.00 Å². The van der Waals surface area contributed by atoms with Crippen molar-refractivity contribution in [3.05, 3.63) is 58.0 Å². The van der Waals surface area contributed by atoms with Crippen molar-refractivity contribution >= 4 is 61.5 Å². The Morgan fingerprint density at radius 3 is 2.81 bits per heavy atom. The van der Waals surface area contributed by atoms with Crippen LogP contribution < -0.4 is 11.1 Å². The fourth-order valence-corrected chi connectivity index (χ4v) is 6.94. The summed E-state index contributed by atoms with van der Waals surface area (Å²) in [5.41, 5.74) is 9.23. The average molecular weight is 467 g/mol. The molecule has 0 bridgehead atoms. The summed E-state index contributed by atoms with van der Waals surface area (Å²) in [6, 6.07) is 10.1. The summed E-state index contributed by atoms with van der Waals surface area (Å²) in [6.07, 6.45) is 4.33. The van der Waals surface area contributed by atoms with E-state index in [4.69, 9.17) is 5.73 Å². The zero-order valence-electron chi connectivity index (χ0n) is 16.4. The van der Waals surface area contributed by atoms with E-state index in [0.29, 0.717) is 10.6 Å². The lowest BCUT2D eigenvalue weighted by molar-refractivity contribution is -0.113. The van der Waals surface area contributed by atoms with Gasteiger partial charge in [0.15, 0.2) is 0 Å². The number of nitrogens with zero attached hydrogens (tertiary/aromatic N) is 2. The second-order valence-corrected chi connectivity index (χ2v) is 10.1. The van der Waals surface area contributed by atoms with Crippen molar-refractivity contribution in [2.45, 2.75) is 24.3 Å². The Hall–Kier alpha value is -2.75. The van der Waals surface area contributed by atoms with Gasteiger partial charge in [-0.25, -0.2) is 9.97 Å². The molecule has 3 aromatic heterocycles. The molecule has 0 radical (unpaired) electrons. The van der Waals surface area contributed by atoms with E-state index >= 15 is 0 Å². The number of amides is 2. The summed E-state index contributed by atoms with van der Waals surface area (Å²) in [5.74, 6) is -0.488. The van der Waals surface area contributed by atoms with Gasteiger partial charge in [0.1, 0.15) is 21.2 Å². The highest BCUT2D eigenvalue weighted by Crippen LogP contribution is 2.40. The molecule has 0 spiro atoms. The maximum absolute atomic E-state index is 12.7. The number of nitrogens with one attached hydrogen (secondary N) is 1. The molecule has 1 aromatic carbocycles. The first-order valence-corrected chi connectivity index (χ1v) is 12.4. The van der Waals surface area contributed by atoms with E-state index in [1.807, 2.05) is 18.2 Å². The van der Waals surface area contributed by atoms with E-state index in [-0.39, 0.29) is 11.7 Å². The molecule has 0 saturated carbocycles. The standard InChI is InChI=1S/C22H18N4O2S3/c23-19(28)17-13-7-4-8-15(13)31-22(17)26-16(27)10-30-21-18-14(12-5-2-1-3-6-12)9-29-20(18)24-11-25-21/h1-3,5-6,9,11H,4,7-8,10H2,(H2,23,28)(H,26,27). The van der Waals surface area contributed by atoms with Crippen LogP contribution in [0.15, 0.2) is 47.1 Å². The molecule has 0 unspecified atom stereocenters. The first-order valence-electron chi connectivity index (χ1n) is 9.76. The van der Waals surface area contributed by atoms with E-state index < -0.39 is 5.91 Å². The summed E-state index contributed by atoms with van der Waals surface area (Å²) in [7, 11) is 0. The number of carbonyl (C=O) groups is 2. The molecule has 31 heavy (non-hydrogen) atoms. The van der Waals surface area contributed by atoms with Gasteiger partial charge in [0, 0.05) is 15.8 Å². The predicted molar refractivity (Wildman–Crippen MR) is 127 cm³/mol. The van der Waals surface area contributed by atoms with Crippen LogP contribution in [-0.4, -0.2) is 27.5 Å². The summed E-state index contributed by atoms with van der Waals surface area (Å²) in [5, 5.41) is 7.27. The number of primary amides is 1. The maximum Gasteiger partial charge on any atom is 0.251 e. The first kappa shape index (κ1) is 20.2. The summed E-state index contributed by atoms with van der Waals surface area (Å²) in [6.45, 7) is 0. The molecular formula is C22H18N4O2S3. The SMILES string of the molecule is NC(=O)c1c(NC(=O)CSc2ncnc3scc(-c4ccccc4)c23)sc2c1CCC2. The second-order valence-electron chi connectivity index (χ2n) is 7.14. The molecule has 156 valence electrons. The Balaban J connectivity index is 1.37. The fraction of sp³-hybridized carbons (Fsp3) is 0.182. The van der Waals surface area contributed by atoms with Crippen molar-refractivity contribution in [2.75, 3.05) is 11.1 Å². The van der Waals surface area contributed by atoms with Crippen LogP contribution >= 0.6 is 34.4 Å². The molecule has 1 aliphatic rings. The molecule has 9 heteroatoms. The molecule has 3 N–H and O–H groups in total. The Kier molecular flexibility index (Phi) is 5.47. The highest BCUT2D eigenvalue weighted by Gasteiger charge is 2.26. The number of anilines is 1. The van der Waals surface area contributed by atoms with Crippen molar-refractivity contribution < 1.29 is 9.59 Å². The number of aromatic nitrogens is 2. The number of carbonyl (C=O) groups excluding carboxylic acids is 2. The van der Waals surface area contributed by atoms with Gasteiger partial charge >= 0.3 is 0 Å². The van der Waals surface area contributed by atoms with Crippen LogP contribution in [0.3, 0.4) is 0 Å². The molecular weight excluding hydrogens is 448 g/mol. The highest BCUT2D eigenvalue weighted by atomic mass is 32.2. The molecule has 3 heterocycles. The zero-order chi connectivity index (χ0) is 21.4. The summed E-state index contributed by atoms with van der Waals surface area (Å²) >= 11 is 4.40. The van der Waals surface area contributed by atoms with Crippen molar-refractivity contribution in [1.29, 1.82) is 0 Å². The number of aryl methyl sites for hydroxylation is 1. The van der Waals surface area contributed by atoms with Crippen LogP contribution in [0.5, 0.6) is 0 Å².